The topological polar surface area (TPSA) is 71.7 Å². The number of carbonyl (C=O) groups excluding carboxylic acids is 1. The number of nitrogens with zero attached hydrogens (tertiary/aromatic N) is 4. The van der Waals surface area contributed by atoms with Crippen molar-refractivity contribution in [2.75, 3.05) is 26.7 Å². The molecular weight excluding hydrogens is 344 g/mol. The van der Waals surface area contributed by atoms with Crippen molar-refractivity contribution in [3.05, 3.63) is 35.7 Å². The van der Waals surface area contributed by atoms with Gasteiger partial charge in [-0.25, -0.2) is 4.79 Å². The molecule has 7 nitrogen and oxygen atoms in total. The number of aromatic nitrogens is 2. The molecule has 1 atom stereocenters. The van der Waals surface area contributed by atoms with Gasteiger partial charge >= 0.3 is 5.97 Å². The fourth-order valence-electron chi connectivity index (χ4n) is 3.62. The molecule has 0 bridgehead atoms. The molecule has 0 aliphatic carbocycles. The van der Waals surface area contributed by atoms with E-state index in [1.165, 1.54) is 7.11 Å². The van der Waals surface area contributed by atoms with Crippen LogP contribution in [-0.2, 0) is 11.3 Å². The van der Waals surface area contributed by atoms with E-state index in [9.17, 15) is 4.79 Å². The molecule has 0 amide bonds. The summed E-state index contributed by atoms with van der Waals surface area (Å²) in [4.78, 5) is 21.0. The first-order chi connectivity index (χ1) is 13.0. The highest BCUT2D eigenvalue weighted by Crippen LogP contribution is 2.20. The fraction of sp³-hybridized carbons (Fsp3) is 0.550. The van der Waals surface area contributed by atoms with Crippen LogP contribution in [0.2, 0.25) is 0 Å². The molecule has 1 aromatic heterocycles. The van der Waals surface area contributed by atoms with Crippen LogP contribution in [0.1, 0.15) is 43.4 Å². The molecule has 1 saturated heterocycles. The summed E-state index contributed by atoms with van der Waals surface area (Å²) in [5.74, 6) is 0.797. The van der Waals surface area contributed by atoms with Gasteiger partial charge < -0.3 is 9.26 Å². The number of benzene rings is 1. The van der Waals surface area contributed by atoms with E-state index in [1.54, 1.807) is 24.3 Å². The predicted octanol–water partition coefficient (Wildman–Crippen LogP) is 2.83. The maximum atomic E-state index is 11.5. The Labute approximate surface area is 160 Å². The highest BCUT2D eigenvalue weighted by Gasteiger charge is 2.28. The van der Waals surface area contributed by atoms with Crippen LogP contribution in [0, 0.1) is 0 Å². The Morgan fingerprint density at radius 2 is 2.04 bits per heavy atom. The van der Waals surface area contributed by atoms with Crippen LogP contribution < -0.4 is 0 Å². The molecule has 0 saturated carbocycles. The Kier molecular flexibility index (Phi) is 6.23. The van der Waals surface area contributed by atoms with Crippen molar-refractivity contribution in [3.8, 4) is 11.4 Å². The molecule has 1 unspecified atom stereocenters. The average molecular weight is 372 g/mol. The molecule has 2 heterocycles. The Morgan fingerprint density at radius 1 is 1.30 bits per heavy atom. The molecular formula is C20H28N4O3. The third-order valence-corrected chi connectivity index (χ3v) is 5.14. The van der Waals surface area contributed by atoms with Gasteiger partial charge in [-0.1, -0.05) is 24.2 Å². The summed E-state index contributed by atoms with van der Waals surface area (Å²) in [6.45, 7) is 10.5. The molecule has 0 spiro atoms. The summed E-state index contributed by atoms with van der Waals surface area (Å²) >= 11 is 0. The lowest BCUT2D eigenvalue weighted by atomic mass is 10.1. The number of ether oxygens (including phenoxy) is 1. The monoisotopic (exact) mass is 372 g/mol. The zero-order chi connectivity index (χ0) is 19.4. The van der Waals surface area contributed by atoms with Crippen molar-refractivity contribution in [1.29, 1.82) is 0 Å². The van der Waals surface area contributed by atoms with Crippen LogP contribution in [0.4, 0.5) is 0 Å². The molecule has 1 aliphatic heterocycles. The first-order valence-corrected chi connectivity index (χ1v) is 9.51. The second-order valence-electron chi connectivity index (χ2n) is 7.21. The second-order valence-corrected chi connectivity index (χ2v) is 7.21. The zero-order valence-electron chi connectivity index (χ0n) is 16.5. The van der Waals surface area contributed by atoms with Gasteiger partial charge in [0.2, 0.25) is 11.7 Å². The normalized spacial score (nSPS) is 18.8. The molecule has 27 heavy (non-hydrogen) atoms. The lowest BCUT2D eigenvalue weighted by Gasteiger charge is -2.43. The highest BCUT2D eigenvalue weighted by molar-refractivity contribution is 5.89. The first kappa shape index (κ1) is 19.5. The average Bonchev–Trinajstić information content (AvgIpc) is 3.15. The third-order valence-electron chi connectivity index (χ3n) is 5.14. The number of hydrogen-bond donors (Lipinski definition) is 0. The maximum absolute atomic E-state index is 11.5. The van der Waals surface area contributed by atoms with Gasteiger partial charge in [0.25, 0.3) is 0 Å². The summed E-state index contributed by atoms with van der Waals surface area (Å²) in [6, 6.07) is 8.14. The lowest BCUT2D eigenvalue weighted by molar-refractivity contribution is 0.0409. The van der Waals surface area contributed by atoms with E-state index in [1.807, 2.05) is 0 Å². The fourth-order valence-corrected chi connectivity index (χ4v) is 3.62. The van der Waals surface area contributed by atoms with Crippen LogP contribution >= 0.6 is 0 Å². The maximum Gasteiger partial charge on any atom is 0.337 e. The van der Waals surface area contributed by atoms with Gasteiger partial charge in [0.05, 0.1) is 19.2 Å². The van der Waals surface area contributed by atoms with E-state index < -0.39 is 0 Å². The highest BCUT2D eigenvalue weighted by atomic mass is 16.5. The van der Waals surface area contributed by atoms with Crippen molar-refractivity contribution >= 4 is 5.97 Å². The van der Waals surface area contributed by atoms with E-state index in [-0.39, 0.29) is 5.97 Å². The zero-order valence-corrected chi connectivity index (χ0v) is 16.5. The minimum absolute atomic E-state index is 0.360. The molecule has 3 rings (SSSR count). The van der Waals surface area contributed by atoms with Gasteiger partial charge in [0.1, 0.15) is 0 Å². The summed E-state index contributed by atoms with van der Waals surface area (Å²) in [6.07, 6.45) is 1.14. The Hall–Kier alpha value is -2.25. The standard InChI is InChI=1S/C20H28N4O3/c1-5-17-12-23(10-11-24(17)14(2)3)13-18-21-19(22-27-18)15-6-8-16(9-7-15)20(25)26-4/h6-9,14,17H,5,10-13H2,1-4H3. The van der Waals surface area contributed by atoms with E-state index in [2.05, 4.69) is 40.7 Å². The lowest BCUT2D eigenvalue weighted by Crippen LogP contribution is -2.54. The number of carbonyl (C=O) groups is 1. The summed E-state index contributed by atoms with van der Waals surface area (Å²) in [5.41, 5.74) is 1.31. The van der Waals surface area contributed by atoms with Crippen LogP contribution in [0.15, 0.2) is 28.8 Å². The largest absolute Gasteiger partial charge is 0.465 e. The predicted molar refractivity (Wildman–Crippen MR) is 102 cm³/mol. The quantitative estimate of drug-likeness (QED) is 0.722. The van der Waals surface area contributed by atoms with Crippen LogP contribution in [-0.4, -0.2) is 64.7 Å². The van der Waals surface area contributed by atoms with Gasteiger partial charge in [-0.05, 0) is 32.4 Å². The van der Waals surface area contributed by atoms with E-state index in [0.717, 1.165) is 31.6 Å². The van der Waals surface area contributed by atoms with Gasteiger partial charge in [0.15, 0.2) is 0 Å². The summed E-state index contributed by atoms with van der Waals surface area (Å²) in [5, 5.41) is 4.09. The SMILES string of the molecule is CCC1CN(Cc2nc(-c3ccc(C(=O)OC)cc3)no2)CCN1C(C)C. The van der Waals surface area contributed by atoms with Crippen molar-refractivity contribution in [3.63, 3.8) is 0 Å². The van der Waals surface area contributed by atoms with E-state index >= 15 is 0 Å². The molecule has 1 aliphatic rings. The molecule has 1 aromatic carbocycles. The van der Waals surface area contributed by atoms with Crippen molar-refractivity contribution < 1.29 is 14.1 Å². The third kappa shape index (κ3) is 4.54. The van der Waals surface area contributed by atoms with Crippen LogP contribution in [0.3, 0.4) is 0 Å². The Morgan fingerprint density at radius 3 is 2.67 bits per heavy atom. The number of rotatable bonds is 6. The molecule has 0 N–H and O–H groups in total. The molecule has 2 aromatic rings. The van der Waals surface area contributed by atoms with Gasteiger partial charge in [0, 0.05) is 37.3 Å². The Bertz CT molecular complexity index is 757. The molecule has 7 heteroatoms. The molecule has 0 radical (unpaired) electrons. The summed E-state index contributed by atoms with van der Waals surface area (Å²) in [7, 11) is 1.37. The van der Waals surface area contributed by atoms with Crippen molar-refractivity contribution in [1.82, 2.24) is 19.9 Å². The summed E-state index contributed by atoms with van der Waals surface area (Å²) < 4.78 is 10.2. The molecule has 146 valence electrons. The van der Waals surface area contributed by atoms with Gasteiger partial charge in [-0.15, -0.1) is 0 Å². The van der Waals surface area contributed by atoms with Crippen molar-refractivity contribution in [2.45, 2.75) is 45.8 Å². The van der Waals surface area contributed by atoms with Gasteiger partial charge in [-0.2, -0.15) is 4.98 Å². The number of piperazine rings is 1. The minimum atomic E-state index is -0.360. The second kappa shape index (κ2) is 8.63. The number of esters is 1. The van der Waals surface area contributed by atoms with Crippen molar-refractivity contribution in [2.24, 2.45) is 0 Å². The van der Waals surface area contributed by atoms with Crippen LogP contribution in [0.5, 0.6) is 0 Å². The van der Waals surface area contributed by atoms with E-state index in [0.29, 0.717) is 35.9 Å². The number of hydrogen-bond acceptors (Lipinski definition) is 7. The molecule has 1 fully saturated rings. The number of methoxy groups -OCH3 is 1. The van der Waals surface area contributed by atoms with Gasteiger partial charge in [-0.3, -0.25) is 9.80 Å². The minimum Gasteiger partial charge on any atom is -0.465 e. The van der Waals surface area contributed by atoms with Crippen LogP contribution in [0.25, 0.3) is 11.4 Å². The Balaban J connectivity index is 1.64. The van der Waals surface area contributed by atoms with E-state index in [4.69, 9.17) is 9.26 Å². The first-order valence-electron chi connectivity index (χ1n) is 9.51. The smallest absolute Gasteiger partial charge is 0.337 e.